The molecular weight excluding hydrogens is 696 g/mol. The van der Waals surface area contributed by atoms with Crippen molar-refractivity contribution in [3.8, 4) is 0 Å². The second kappa shape index (κ2) is 14.6. The average molecular weight is 743 g/mol. The fourth-order valence-corrected chi connectivity index (χ4v) is 8.48. The Morgan fingerprint density at radius 1 is 0.811 bits per heavy atom. The molecule has 10 atom stereocenters. The molecule has 2 aliphatic carbocycles. The zero-order valence-electron chi connectivity index (χ0n) is 30.9. The third-order valence-corrected chi connectivity index (χ3v) is 10.6. The van der Waals surface area contributed by atoms with Gasteiger partial charge in [-0.1, -0.05) is 32.0 Å². The van der Waals surface area contributed by atoms with E-state index in [0.717, 1.165) is 20.8 Å². The van der Waals surface area contributed by atoms with Crippen molar-refractivity contribution in [1.82, 2.24) is 0 Å². The lowest BCUT2D eigenvalue weighted by Gasteiger charge is -2.66. The van der Waals surface area contributed by atoms with E-state index in [-0.39, 0.29) is 11.3 Å². The first-order chi connectivity index (χ1) is 24.8. The second-order valence-corrected chi connectivity index (χ2v) is 14.6. The molecule has 1 aromatic heterocycles. The van der Waals surface area contributed by atoms with E-state index in [2.05, 4.69) is 0 Å². The lowest BCUT2D eigenvalue weighted by atomic mass is 9.45. The number of carbonyl (C=O) groups excluding carboxylic acids is 6. The van der Waals surface area contributed by atoms with Crippen LogP contribution in [0.4, 0.5) is 0 Å². The van der Waals surface area contributed by atoms with E-state index in [4.69, 9.17) is 37.6 Å². The zero-order chi connectivity index (χ0) is 39.1. The third kappa shape index (κ3) is 6.80. The Balaban J connectivity index is 1.91. The van der Waals surface area contributed by atoms with E-state index in [1.54, 1.807) is 45.9 Å². The quantitative estimate of drug-likeness (QED) is 0.258. The Morgan fingerprint density at radius 2 is 1.43 bits per heavy atom. The van der Waals surface area contributed by atoms with Gasteiger partial charge in [0, 0.05) is 27.2 Å². The SMILES string of the molecule is CCC(C)C(=O)OC[C@]12[C@@H](OC(=O)c3ccco3)[C@H](OC(=O)c3ccccc3)[C@@H]3[C@@H](OC(C)=O)[C@]1(OC3(C)C)[C@@](C)(O)C[C@H](OC(C)=O)[C@@H]2OC(C)=O. The monoisotopic (exact) mass is 742 g/mol. The van der Waals surface area contributed by atoms with Crippen LogP contribution in [0.2, 0.25) is 0 Å². The highest BCUT2D eigenvalue weighted by Gasteiger charge is 2.89. The van der Waals surface area contributed by atoms with Gasteiger partial charge in [0.25, 0.3) is 0 Å². The van der Waals surface area contributed by atoms with Crippen LogP contribution in [-0.4, -0.2) is 94.9 Å². The van der Waals surface area contributed by atoms with E-state index < -0.39 is 113 Å². The summed E-state index contributed by atoms with van der Waals surface area (Å²) in [5, 5.41) is 12.8. The normalized spacial score (nSPS) is 33.0. The molecule has 288 valence electrons. The van der Waals surface area contributed by atoms with Crippen LogP contribution in [0.25, 0.3) is 0 Å². The van der Waals surface area contributed by atoms with E-state index >= 15 is 0 Å². The predicted octanol–water partition coefficient (Wildman–Crippen LogP) is 3.73. The first-order valence-corrected chi connectivity index (χ1v) is 17.4. The Kier molecular flexibility index (Phi) is 10.8. The van der Waals surface area contributed by atoms with Crippen LogP contribution in [-0.2, 0) is 52.3 Å². The van der Waals surface area contributed by atoms with Gasteiger partial charge in [-0.2, -0.15) is 0 Å². The van der Waals surface area contributed by atoms with Gasteiger partial charge in [0.05, 0.1) is 34.9 Å². The van der Waals surface area contributed by atoms with Crippen LogP contribution >= 0.6 is 0 Å². The maximum absolute atomic E-state index is 14.0. The molecule has 2 heterocycles. The van der Waals surface area contributed by atoms with Gasteiger partial charge in [-0.3, -0.25) is 19.2 Å². The summed E-state index contributed by atoms with van der Waals surface area (Å²) < 4.78 is 48.7. The zero-order valence-corrected chi connectivity index (χ0v) is 30.9. The summed E-state index contributed by atoms with van der Waals surface area (Å²) in [6.07, 6.45) is -7.16. The van der Waals surface area contributed by atoms with Crippen molar-refractivity contribution in [2.75, 3.05) is 6.61 Å². The van der Waals surface area contributed by atoms with Gasteiger partial charge < -0.3 is 42.7 Å². The highest BCUT2D eigenvalue weighted by molar-refractivity contribution is 5.90. The number of carbonyl (C=O) groups is 6. The molecule has 2 aromatic rings. The maximum atomic E-state index is 14.0. The van der Waals surface area contributed by atoms with Crippen LogP contribution in [0.1, 0.15) is 89.1 Å². The molecule has 1 aliphatic heterocycles. The van der Waals surface area contributed by atoms with Crippen molar-refractivity contribution in [3.05, 3.63) is 60.1 Å². The lowest BCUT2D eigenvalue weighted by Crippen LogP contribution is -2.85. The summed E-state index contributed by atoms with van der Waals surface area (Å²) in [7, 11) is 0. The molecule has 15 nitrogen and oxygen atoms in total. The minimum absolute atomic E-state index is 0.100. The number of hydrogen-bond acceptors (Lipinski definition) is 15. The molecule has 2 saturated carbocycles. The molecule has 3 fully saturated rings. The number of benzene rings is 1. The predicted molar refractivity (Wildman–Crippen MR) is 180 cm³/mol. The Hall–Kier alpha value is -4.76. The first-order valence-electron chi connectivity index (χ1n) is 17.4. The molecule has 1 aromatic carbocycles. The molecule has 2 bridgehead atoms. The summed E-state index contributed by atoms with van der Waals surface area (Å²) in [5.41, 5.74) is -8.22. The van der Waals surface area contributed by atoms with Crippen LogP contribution in [0.3, 0.4) is 0 Å². The lowest BCUT2D eigenvalue weighted by molar-refractivity contribution is -0.363. The van der Waals surface area contributed by atoms with Crippen molar-refractivity contribution in [1.29, 1.82) is 0 Å². The van der Waals surface area contributed by atoms with Crippen molar-refractivity contribution in [2.45, 2.75) is 116 Å². The molecule has 1 spiro atoms. The molecule has 5 rings (SSSR count). The fourth-order valence-electron chi connectivity index (χ4n) is 8.48. The number of hydrogen-bond donors (Lipinski definition) is 1. The molecule has 1 N–H and O–H groups in total. The van der Waals surface area contributed by atoms with E-state index in [9.17, 15) is 33.9 Å². The van der Waals surface area contributed by atoms with Gasteiger partial charge in [-0.05, 0) is 51.5 Å². The highest BCUT2D eigenvalue weighted by atomic mass is 16.7. The number of fused-ring (bicyclic) bond motifs is 1. The number of furan rings is 1. The molecule has 53 heavy (non-hydrogen) atoms. The largest absolute Gasteiger partial charge is 0.464 e. The first kappa shape index (κ1) is 39.4. The van der Waals surface area contributed by atoms with E-state index in [1.807, 2.05) is 0 Å². The highest BCUT2D eigenvalue weighted by Crippen LogP contribution is 2.69. The van der Waals surface area contributed by atoms with Crippen LogP contribution in [0.5, 0.6) is 0 Å². The molecule has 3 aliphatic rings. The molecule has 0 amide bonds. The second-order valence-electron chi connectivity index (χ2n) is 14.6. The van der Waals surface area contributed by atoms with Gasteiger partial charge in [0.2, 0.25) is 5.76 Å². The van der Waals surface area contributed by atoms with Crippen LogP contribution in [0.15, 0.2) is 53.1 Å². The van der Waals surface area contributed by atoms with Crippen LogP contribution < -0.4 is 0 Å². The Bertz CT molecular complexity index is 1720. The van der Waals surface area contributed by atoms with Gasteiger partial charge in [0.1, 0.15) is 30.3 Å². The summed E-state index contributed by atoms with van der Waals surface area (Å²) in [4.78, 5) is 80.5. The standard InChI is InChI=1S/C38H46O15/c1-9-20(2)32(42)47-19-37-29(49-22(4)40)26(48-21(3)39)18-36(8,45)38(37)30(50-23(5)41)27(35(6,7)53-38)28(51-33(43)24-14-11-10-12-15-24)31(37)52-34(44)25-16-13-17-46-25/h10-17,20,26-31,45H,9,18-19H2,1-8H3/t20?,26-,27+,28+,29-,30+,31-,36-,37-,38-/m0/s1. The third-order valence-electron chi connectivity index (χ3n) is 10.6. The number of rotatable bonds is 11. The number of aliphatic hydroxyl groups is 1. The fraction of sp³-hybridized carbons (Fsp3) is 0.579. The summed E-state index contributed by atoms with van der Waals surface area (Å²) in [6, 6.07) is 10.6. The molecule has 0 radical (unpaired) electrons. The maximum Gasteiger partial charge on any atom is 0.374 e. The van der Waals surface area contributed by atoms with Gasteiger partial charge >= 0.3 is 35.8 Å². The molecule has 1 unspecified atom stereocenters. The minimum atomic E-state index is -2.35. The van der Waals surface area contributed by atoms with Gasteiger partial charge in [-0.25, -0.2) is 9.59 Å². The van der Waals surface area contributed by atoms with Crippen molar-refractivity contribution in [3.63, 3.8) is 0 Å². The van der Waals surface area contributed by atoms with E-state index in [1.165, 1.54) is 37.5 Å². The van der Waals surface area contributed by atoms with Gasteiger partial charge in [-0.15, -0.1) is 0 Å². The summed E-state index contributed by atoms with van der Waals surface area (Å²) >= 11 is 0. The number of ether oxygens (including phenoxy) is 7. The molecule has 1 saturated heterocycles. The number of esters is 6. The van der Waals surface area contributed by atoms with E-state index in [0.29, 0.717) is 6.42 Å². The smallest absolute Gasteiger partial charge is 0.374 e. The van der Waals surface area contributed by atoms with Crippen molar-refractivity contribution < 1.29 is 71.4 Å². The van der Waals surface area contributed by atoms with Crippen molar-refractivity contribution in [2.24, 2.45) is 17.3 Å². The average Bonchev–Trinajstić information content (AvgIpc) is 3.68. The topological polar surface area (TPSA) is 200 Å². The molecular formula is C38H46O15. The summed E-state index contributed by atoms with van der Waals surface area (Å²) in [6.45, 7) is 10.4. The van der Waals surface area contributed by atoms with Gasteiger partial charge in [0.15, 0.2) is 17.8 Å². The molecule has 15 heteroatoms. The minimum Gasteiger partial charge on any atom is -0.464 e. The Labute approximate surface area is 306 Å². The van der Waals surface area contributed by atoms with Crippen LogP contribution in [0, 0.1) is 17.3 Å². The summed E-state index contributed by atoms with van der Waals surface area (Å²) in [5.74, 6) is -7.41. The Morgan fingerprint density at radius 3 is 2.00 bits per heavy atom. The van der Waals surface area contributed by atoms with Crippen molar-refractivity contribution >= 4 is 35.8 Å².